The van der Waals surface area contributed by atoms with Crippen molar-refractivity contribution in [3.8, 4) is 0 Å². The number of nitrogens with one attached hydrogen (secondary N) is 2. The minimum absolute atomic E-state index is 0.0594. The second kappa shape index (κ2) is 4.49. The number of carbonyl (C=O) groups is 1. The zero-order valence-corrected chi connectivity index (χ0v) is 9.23. The van der Waals surface area contributed by atoms with Crippen molar-refractivity contribution in [3.63, 3.8) is 0 Å². The Labute approximate surface area is 94.4 Å². The smallest absolute Gasteiger partial charge is 0.251 e. The number of hydrogen-bond donors (Lipinski definition) is 3. The Morgan fingerprint density at radius 2 is 2.31 bits per heavy atom. The molecular formula is C11H16N4O. The molecule has 0 aromatic carbocycles. The molecule has 5 heteroatoms. The first kappa shape index (κ1) is 10.9. The maximum atomic E-state index is 11.8. The van der Waals surface area contributed by atoms with E-state index in [-0.39, 0.29) is 5.91 Å². The fourth-order valence-corrected chi connectivity index (χ4v) is 1.94. The van der Waals surface area contributed by atoms with E-state index in [0.717, 1.165) is 18.8 Å². The number of nitrogens with two attached hydrogens (primary N) is 1. The Kier molecular flexibility index (Phi) is 3.05. The number of aromatic nitrogens is 1. The quantitative estimate of drug-likeness (QED) is 0.522. The van der Waals surface area contributed by atoms with E-state index in [9.17, 15) is 4.79 Å². The van der Waals surface area contributed by atoms with Gasteiger partial charge in [0.1, 0.15) is 5.82 Å². The van der Waals surface area contributed by atoms with E-state index >= 15 is 0 Å². The highest BCUT2D eigenvalue weighted by molar-refractivity contribution is 5.95. The number of anilines is 1. The Morgan fingerprint density at radius 3 is 2.94 bits per heavy atom. The summed E-state index contributed by atoms with van der Waals surface area (Å²) in [4.78, 5) is 15.8. The van der Waals surface area contributed by atoms with E-state index in [1.54, 1.807) is 18.3 Å². The molecule has 0 saturated heterocycles. The number of nitrogens with zero attached hydrogens (tertiary/aromatic N) is 1. The summed E-state index contributed by atoms with van der Waals surface area (Å²) in [5.41, 5.74) is 3.01. The summed E-state index contributed by atoms with van der Waals surface area (Å²) in [5, 5.41) is 2.98. The Balaban J connectivity index is 1.97. The van der Waals surface area contributed by atoms with E-state index in [2.05, 4.69) is 22.7 Å². The third-order valence-electron chi connectivity index (χ3n) is 2.88. The molecule has 0 spiro atoms. The van der Waals surface area contributed by atoms with E-state index < -0.39 is 0 Å². The van der Waals surface area contributed by atoms with Gasteiger partial charge in [0.15, 0.2) is 0 Å². The number of rotatable bonds is 3. The van der Waals surface area contributed by atoms with Crippen LogP contribution < -0.4 is 16.6 Å². The van der Waals surface area contributed by atoms with Crippen molar-refractivity contribution in [2.75, 3.05) is 5.43 Å². The zero-order valence-electron chi connectivity index (χ0n) is 9.23. The molecule has 2 rings (SSSR count). The summed E-state index contributed by atoms with van der Waals surface area (Å²) >= 11 is 0. The summed E-state index contributed by atoms with van der Waals surface area (Å²) in [6.07, 6.45) is 3.70. The van der Waals surface area contributed by atoms with Crippen LogP contribution >= 0.6 is 0 Å². The van der Waals surface area contributed by atoms with Gasteiger partial charge in [-0.2, -0.15) is 0 Å². The SMILES string of the molecule is CC1CC(NC(=O)c2ccnc(NN)c2)C1. The lowest BCUT2D eigenvalue weighted by molar-refractivity contribution is 0.0896. The van der Waals surface area contributed by atoms with E-state index in [1.165, 1.54) is 0 Å². The molecule has 0 bridgehead atoms. The lowest BCUT2D eigenvalue weighted by atomic mass is 9.82. The molecule has 1 aliphatic carbocycles. The third-order valence-corrected chi connectivity index (χ3v) is 2.88. The summed E-state index contributed by atoms with van der Waals surface area (Å²) < 4.78 is 0. The lowest BCUT2D eigenvalue weighted by Crippen LogP contribution is -2.43. The van der Waals surface area contributed by atoms with Crippen LogP contribution in [0.3, 0.4) is 0 Å². The van der Waals surface area contributed by atoms with E-state index in [4.69, 9.17) is 5.84 Å². The molecule has 0 radical (unpaired) electrons. The summed E-state index contributed by atoms with van der Waals surface area (Å²) in [5.74, 6) is 6.39. The van der Waals surface area contributed by atoms with Crippen molar-refractivity contribution >= 4 is 11.7 Å². The van der Waals surface area contributed by atoms with Crippen molar-refractivity contribution in [2.45, 2.75) is 25.8 Å². The average molecular weight is 220 g/mol. The summed E-state index contributed by atoms with van der Waals surface area (Å²) in [6, 6.07) is 3.64. The molecule has 16 heavy (non-hydrogen) atoms. The molecule has 4 N–H and O–H groups in total. The van der Waals surface area contributed by atoms with Crippen LogP contribution in [0.1, 0.15) is 30.1 Å². The van der Waals surface area contributed by atoms with Crippen LogP contribution in [0.15, 0.2) is 18.3 Å². The highest BCUT2D eigenvalue weighted by atomic mass is 16.1. The van der Waals surface area contributed by atoms with Gasteiger partial charge in [0.25, 0.3) is 5.91 Å². The number of hydrogen-bond acceptors (Lipinski definition) is 4. The minimum Gasteiger partial charge on any atom is -0.349 e. The highest BCUT2D eigenvalue weighted by Crippen LogP contribution is 2.26. The molecule has 0 atom stereocenters. The zero-order chi connectivity index (χ0) is 11.5. The minimum atomic E-state index is -0.0594. The number of carbonyl (C=O) groups excluding carboxylic acids is 1. The molecule has 5 nitrogen and oxygen atoms in total. The van der Waals surface area contributed by atoms with Gasteiger partial charge in [-0.25, -0.2) is 10.8 Å². The first-order valence-electron chi connectivity index (χ1n) is 5.42. The fourth-order valence-electron chi connectivity index (χ4n) is 1.94. The van der Waals surface area contributed by atoms with E-state index in [0.29, 0.717) is 17.4 Å². The second-order valence-corrected chi connectivity index (χ2v) is 4.32. The molecule has 86 valence electrons. The van der Waals surface area contributed by atoms with Gasteiger partial charge in [-0.05, 0) is 30.9 Å². The first-order valence-corrected chi connectivity index (χ1v) is 5.42. The van der Waals surface area contributed by atoms with Gasteiger partial charge in [0.2, 0.25) is 0 Å². The normalized spacial score (nSPS) is 23.4. The number of nitrogen functional groups attached to an aromatic ring is 1. The second-order valence-electron chi connectivity index (χ2n) is 4.32. The van der Waals surface area contributed by atoms with Gasteiger partial charge in [-0.1, -0.05) is 6.92 Å². The third kappa shape index (κ3) is 2.30. The Bertz CT molecular complexity index is 387. The summed E-state index contributed by atoms with van der Waals surface area (Å²) in [7, 11) is 0. The number of pyridine rings is 1. The Hall–Kier alpha value is -1.62. The number of hydrazine groups is 1. The molecule has 1 amide bonds. The maximum absolute atomic E-state index is 11.8. The molecule has 1 saturated carbocycles. The van der Waals surface area contributed by atoms with Crippen LogP contribution in [-0.4, -0.2) is 16.9 Å². The fraction of sp³-hybridized carbons (Fsp3) is 0.455. The van der Waals surface area contributed by atoms with Crippen LogP contribution in [0.2, 0.25) is 0 Å². The molecule has 1 aliphatic rings. The maximum Gasteiger partial charge on any atom is 0.251 e. The standard InChI is InChI=1S/C11H16N4O/c1-7-4-9(5-7)14-11(16)8-2-3-13-10(6-8)15-12/h2-3,6-7,9H,4-5,12H2,1H3,(H,13,15)(H,14,16). The average Bonchev–Trinajstić information content (AvgIpc) is 2.27. The monoisotopic (exact) mass is 220 g/mol. The van der Waals surface area contributed by atoms with Crippen LogP contribution in [0.4, 0.5) is 5.82 Å². The molecule has 1 aromatic rings. The van der Waals surface area contributed by atoms with Crippen LogP contribution in [0.5, 0.6) is 0 Å². The van der Waals surface area contributed by atoms with Crippen molar-refractivity contribution in [2.24, 2.45) is 11.8 Å². The van der Waals surface area contributed by atoms with Crippen molar-refractivity contribution in [1.29, 1.82) is 0 Å². The molecular weight excluding hydrogens is 204 g/mol. The van der Waals surface area contributed by atoms with Crippen molar-refractivity contribution < 1.29 is 4.79 Å². The molecule has 0 unspecified atom stereocenters. The van der Waals surface area contributed by atoms with Gasteiger partial charge in [0.05, 0.1) is 0 Å². The largest absolute Gasteiger partial charge is 0.349 e. The van der Waals surface area contributed by atoms with Gasteiger partial charge < -0.3 is 10.7 Å². The van der Waals surface area contributed by atoms with Gasteiger partial charge in [-0.15, -0.1) is 0 Å². The molecule has 1 heterocycles. The highest BCUT2D eigenvalue weighted by Gasteiger charge is 2.26. The van der Waals surface area contributed by atoms with E-state index in [1.807, 2.05) is 0 Å². The van der Waals surface area contributed by atoms with Gasteiger partial charge in [0, 0.05) is 17.8 Å². The Morgan fingerprint density at radius 1 is 1.56 bits per heavy atom. The van der Waals surface area contributed by atoms with Crippen LogP contribution in [0.25, 0.3) is 0 Å². The van der Waals surface area contributed by atoms with Crippen LogP contribution in [0, 0.1) is 5.92 Å². The van der Waals surface area contributed by atoms with Gasteiger partial charge >= 0.3 is 0 Å². The first-order chi connectivity index (χ1) is 7.69. The molecule has 1 fully saturated rings. The predicted molar refractivity (Wildman–Crippen MR) is 61.7 cm³/mol. The predicted octanol–water partition coefficient (Wildman–Crippen LogP) is 0.895. The number of amides is 1. The lowest BCUT2D eigenvalue weighted by Gasteiger charge is -2.33. The van der Waals surface area contributed by atoms with Crippen LogP contribution in [-0.2, 0) is 0 Å². The van der Waals surface area contributed by atoms with Crippen molar-refractivity contribution in [3.05, 3.63) is 23.9 Å². The van der Waals surface area contributed by atoms with Crippen molar-refractivity contribution in [1.82, 2.24) is 10.3 Å². The molecule has 1 aromatic heterocycles. The summed E-state index contributed by atoms with van der Waals surface area (Å²) in [6.45, 7) is 2.19. The molecule has 0 aliphatic heterocycles. The topological polar surface area (TPSA) is 80.0 Å². The van der Waals surface area contributed by atoms with Gasteiger partial charge in [-0.3, -0.25) is 4.79 Å².